The number of para-hydroxylation sites is 1. The molecule has 1 aliphatic rings. The number of aryl methyl sites for hydroxylation is 1. The number of aromatic nitrogens is 2. The summed E-state index contributed by atoms with van der Waals surface area (Å²) in [5.74, 6) is 1.74. The van der Waals surface area contributed by atoms with E-state index in [9.17, 15) is 4.79 Å². The molecule has 7 heteroatoms. The Labute approximate surface area is 182 Å². The molecule has 0 unspecified atom stereocenters. The van der Waals surface area contributed by atoms with E-state index in [1.165, 1.54) is 12.0 Å². The number of methoxy groups -OCH3 is 1. The third kappa shape index (κ3) is 5.05. The zero-order valence-corrected chi connectivity index (χ0v) is 18.1. The van der Waals surface area contributed by atoms with E-state index in [-0.39, 0.29) is 12.5 Å². The molecule has 0 saturated carbocycles. The van der Waals surface area contributed by atoms with Crippen molar-refractivity contribution in [3.8, 4) is 17.1 Å². The zero-order valence-electron chi connectivity index (χ0n) is 18.1. The summed E-state index contributed by atoms with van der Waals surface area (Å²) >= 11 is 0. The second-order valence-electron chi connectivity index (χ2n) is 7.85. The lowest BCUT2D eigenvalue weighted by atomic mass is 10.1. The number of ether oxygens (including phenoxy) is 1. The molecule has 0 bridgehead atoms. The molecule has 31 heavy (non-hydrogen) atoms. The smallest absolute Gasteiger partial charge is 0.246 e. The lowest BCUT2D eigenvalue weighted by molar-refractivity contribution is -0.130. The lowest BCUT2D eigenvalue weighted by Gasteiger charge is -2.30. The van der Waals surface area contributed by atoms with Crippen molar-refractivity contribution in [2.45, 2.75) is 32.7 Å². The van der Waals surface area contributed by atoms with Crippen LogP contribution in [0.4, 0.5) is 5.69 Å². The molecule has 1 aliphatic heterocycles. The van der Waals surface area contributed by atoms with Gasteiger partial charge < -0.3 is 19.1 Å². The van der Waals surface area contributed by atoms with Gasteiger partial charge in [0.15, 0.2) is 0 Å². The molecule has 0 N–H and O–H groups in total. The summed E-state index contributed by atoms with van der Waals surface area (Å²) in [5, 5.41) is 4.14. The number of amides is 1. The van der Waals surface area contributed by atoms with E-state index in [1.54, 1.807) is 7.11 Å². The highest BCUT2D eigenvalue weighted by Gasteiger charge is 2.22. The fourth-order valence-electron chi connectivity index (χ4n) is 3.82. The van der Waals surface area contributed by atoms with Crippen LogP contribution in [0, 0.1) is 6.92 Å². The van der Waals surface area contributed by atoms with Crippen LogP contribution in [-0.4, -0.2) is 47.7 Å². The summed E-state index contributed by atoms with van der Waals surface area (Å²) in [5.41, 5.74) is 2.89. The molecule has 7 nitrogen and oxygen atoms in total. The van der Waals surface area contributed by atoms with Crippen LogP contribution in [0.25, 0.3) is 11.4 Å². The molecule has 3 aromatic rings. The minimum atomic E-state index is 0.129. The van der Waals surface area contributed by atoms with Crippen molar-refractivity contribution in [2.75, 3.05) is 31.6 Å². The van der Waals surface area contributed by atoms with Gasteiger partial charge in [-0.15, -0.1) is 0 Å². The van der Waals surface area contributed by atoms with E-state index in [0.717, 1.165) is 37.2 Å². The Hall–Kier alpha value is -3.35. The van der Waals surface area contributed by atoms with Gasteiger partial charge in [-0.1, -0.05) is 35.0 Å². The number of anilines is 1. The molecule has 1 amide bonds. The molecule has 2 aromatic carbocycles. The lowest BCUT2D eigenvalue weighted by Crippen LogP contribution is -2.42. The minimum Gasteiger partial charge on any atom is -0.496 e. The maximum Gasteiger partial charge on any atom is 0.246 e. The molecule has 0 atom stereocenters. The van der Waals surface area contributed by atoms with Gasteiger partial charge in [0.05, 0.1) is 25.8 Å². The molecule has 4 rings (SSSR count). The van der Waals surface area contributed by atoms with Crippen molar-refractivity contribution < 1.29 is 14.1 Å². The summed E-state index contributed by atoms with van der Waals surface area (Å²) in [4.78, 5) is 21.5. The molecule has 0 aliphatic carbocycles. The van der Waals surface area contributed by atoms with Crippen LogP contribution >= 0.6 is 0 Å². The third-order valence-corrected chi connectivity index (χ3v) is 5.58. The molecule has 0 spiro atoms. The van der Waals surface area contributed by atoms with E-state index in [2.05, 4.69) is 10.1 Å². The number of piperidine rings is 1. The fourth-order valence-corrected chi connectivity index (χ4v) is 3.82. The molecule has 1 fully saturated rings. The van der Waals surface area contributed by atoms with Gasteiger partial charge in [-0.2, -0.15) is 4.98 Å². The largest absolute Gasteiger partial charge is 0.496 e. The van der Waals surface area contributed by atoms with E-state index in [4.69, 9.17) is 9.26 Å². The highest BCUT2D eigenvalue weighted by Crippen LogP contribution is 2.27. The van der Waals surface area contributed by atoms with Crippen LogP contribution < -0.4 is 9.64 Å². The second kappa shape index (κ2) is 9.64. The predicted octanol–water partition coefficient (Wildman–Crippen LogP) is 4.07. The molecule has 2 heterocycles. The Bertz CT molecular complexity index is 1010. The Morgan fingerprint density at radius 1 is 1.10 bits per heavy atom. The second-order valence-corrected chi connectivity index (χ2v) is 7.85. The maximum atomic E-state index is 13.0. The van der Waals surface area contributed by atoms with Crippen molar-refractivity contribution in [3.63, 3.8) is 0 Å². The summed E-state index contributed by atoms with van der Waals surface area (Å²) in [6.07, 6.45) is 3.34. The maximum absolute atomic E-state index is 13.0. The van der Waals surface area contributed by atoms with Gasteiger partial charge >= 0.3 is 0 Å². The van der Waals surface area contributed by atoms with Crippen LogP contribution in [-0.2, 0) is 11.3 Å². The first-order valence-corrected chi connectivity index (χ1v) is 10.7. The number of likely N-dealkylation sites (tertiary alicyclic amines) is 1. The Kier molecular flexibility index (Phi) is 6.50. The van der Waals surface area contributed by atoms with Gasteiger partial charge in [-0.05, 0) is 50.5 Å². The Morgan fingerprint density at radius 3 is 2.58 bits per heavy atom. The molecular formula is C24H28N4O3. The fraction of sp³-hybridized carbons (Fsp3) is 0.375. The van der Waals surface area contributed by atoms with E-state index in [1.807, 2.05) is 65.3 Å². The third-order valence-electron chi connectivity index (χ3n) is 5.58. The average Bonchev–Trinajstić information content (AvgIpc) is 3.28. The average molecular weight is 421 g/mol. The van der Waals surface area contributed by atoms with E-state index < -0.39 is 0 Å². The predicted molar refractivity (Wildman–Crippen MR) is 119 cm³/mol. The highest BCUT2D eigenvalue weighted by atomic mass is 16.5. The van der Waals surface area contributed by atoms with E-state index in [0.29, 0.717) is 24.0 Å². The number of hydrogen-bond donors (Lipinski definition) is 0. The molecule has 1 saturated heterocycles. The number of carbonyl (C=O) groups excluding carboxylic acids is 1. The molecular weight excluding hydrogens is 392 g/mol. The van der Waals surface area contributed by atoms with Crippen molar-refractivity contribution in [2.24, 2.45) is 0 Å². The Balaban J connectivity index is 1.55. The van der Waals surface area contributed by atoms with Crippen molar-refractivity contribution in [3.05, 3.63) is 60.0 Å². The van der Waals surface area contributed by atoms with Gasteiger partial charge in [-0.3, -0.25) is 4.79 Å². The molecule has 1 aromatic heterocycles. The molecule has 0 radical (unpaired) electrons. The highest BCUT2D eigenvalue weighted by molar-refractivity contribution is 5.81. The van der Waals surface area contributed by atoms with Crippen molar-refractivity contribution in [1.29, 1.82) is 0 Å². The zero-order chi connectivity index (χ0) is 21.6. The van der Waals surface area contributed by atoms with Gasteiger partial charge in [0, 0.05) is 18.8 Å². The topological polar surface area (TPSA) is 71.7 Å². The number of carbonyl (C=O) groups is 1. The van der Waals surface area contributed by atoms with Crippen LogP contribution in [0.5, 0.6) is 5.75 Å². The van der Waals surface area contributed by atoms with Crippen molar-refractivity contribution in [1.82, 2.24) is 15.0 Å². The summed E-state index contributed by atoms with van der Waals surface area (Å²) in [7, 11) is 1.62. The van der Waals surface area contributed by atoms with Crippen LogP contribution in [0.3, 0.4) is 0 Å². The van der Waals surface area contributed by atoms with Gasteiger partial charge in [0.2, 0.25) is 17.6 Å². The van der Waals surface area contributed by atoms with Crippen LogP contribution in [0.15, 0.2) is 53.1 Å². The first-order chi connectivity index (χ1) is 15.1. The number of rotatable bonds is 7. The molecule has 162 valence electrons. The standard InChI is InChI=1S/C24H28N4O3/c1-18-10-12-19(13-11-18)28(17-23(29)27-14-6-3-7-15-27)16-22-25-24(26-31-22)20-8-4-5-9-21(20)30-2/h4-5,8-13H,3,6-7,14-17H2,1-2H3. The quantitative estimate of drug-likeness (QED) is 0.574. The summed E-state index contributed by atoms with van der Waals surface area (Å²) in [6, 6.07) is 15.7. The summed E-state index contributed by atoms with van der Waals surface area (Å²) in [6.45, 7) is 4.34. The van der Waals surface area contributed by atoms with Crippen molar-refractivity contribution >= 4 is 11.6 Å². The first-order valence-electron chi connectivity index (χ1n) is 10.7. The van der Waals surface area contributed by atoms with Crippen LogP contribution in [0.2, 0.25) is 0 Å². The van der Waals surface area contributed by atoms with Crippen LogP contribution in [0.1, 0.15) is 30.7 Å². The first kappa shape index (κ1) is 20.9. The monoisotopic (exact) mass is 420 g/mol. The summed E-state index contributed by atoms with van der Waals surface area (Å²) < 4.78 is 10.9. The number of benzene rings is 2. The van der Waals surface area contributed by atoms with Gasteiger partial charge in [0.1, 0.15) is 5.75 Å². The van der Waals surface area contributed by atoms with Gasteiger partial charge in [-0.25, -0.2) is 0 Å². The Morgan fingerprint density at radius 2 is 1.84 bits per heavy atom. The number of nitrogens with zero attached hydrogens (tertiary/aromatic N) is 4. The van der Waals surface area contributed by atoms with Gasteiger partial charge in [0.25, 0.3) is 0 Å². The SMILES string of the molecule is COc1ccccc1-c1noc(CN(CC(=O)N2CCCCC2)c2ccc(C)cc2)n1. The van der Waals surface area contributed by atoms with E-state index >= 15 is 0 Å². The normalized spacial score (nSPS) is 13.8. The number of hydrogen-bond acceptors (Lipinski definition) is 6. The minimum absolute atomic E-state index is 0.129.